The van der Waals surface area contributed by atoms with Crippen molar-refractivity contribution in [1.82, 2.24) is 10.7 Å². The Balaban J connectivity index is 1.49. The van der Waals surface area contributed by atoms with Crippen molar-refractivity contribution in [3.05, 3.63) is 47.5 Å². The normalized spacial score (nSPS) is 11.9. The molecule has 0 spiro atoms. The van der Waals surface area contributed by atoms with E-state index in [1.54, 1.807) is 43.5 Å². The zero-order valence-corrected chi connectivity index (χ0v) is 16.1. The van der Waals surface area contributed by atoms with Crippen LogP contribution in [0, 0.1) is 0 Å². The van der Waals surface area contributed by atoms with Crippen LogP contribution in [0.15, 0.2) is 41.5 Å². The van der Waals surface area contributed by atoms with Crippen LogP contribution in [0.5, 0.6) is 23.0 Å². The van der Waals surface area contributed by atoms with Gasteiger partial charge in [0.1, 0.15) is 0 Å². The van der Waals surface area contributed by atoms with Gasteiger partial charge in [-0.1, -0.05) is 0 Å². The molecule has 9 heteroatoms. The van der Waals surface area contributed by atoms with Crippen LogP contribution in [0.2, 0.25) is 0 Å². The molecule has 1 aliphatic heterocycles. The molecule has 0 atom stereocenters. The van der Waals surface area contributed by atoms with Gasteiger partial charge in [-0.05, 0) is 48.9 Å². The van der Waals surface area contributed by atoms with Gasteiger partial charge in [0.05, 0.1) is 26.5 Å². The third-order valence-electron chi connectivity index (χ3n) is 3.93. The number of hydrogen-bond donors (Lipinski definition) is 2. The van der Waals surface area contributed by atoms with E-state index in [9.17, 15) is 9.59 Å². The zero-order valence-electron chi connectivity index (χ0n) is 16.1. The molecular weight excluding hydrogens is 378 g/mol. The first-order valence-electron chi connectivity index (χ1n) is 8.91. The van der Waals surface area contributed by atoms with Crippen LogP contribution in [-0.4, -0.2) is 45.1 Å². The smallest absolute Gasteiger partial charge is 0.259 e. The lowest BCUT2D eigenvalue weighted by molar-refractivity contribution is -0.120. The van der Waals surface area contributed by atoms with Gasteiger partial charge in [-0.2, -0.15) is 5.10 Å². The molecule has 0 bridgehead atoms. The number of nitrogens with one attached hydrogen (secondary N) is 2. The lowest BCUT2D eigenvalue weighted by Gasteiger charge is -2.09. The third-order valence-corrected chi connectivity index (χ3v) is 3.93. The predicted molar refractivity (Wildman–Crippen MR) is 105 cm³/mol. The Labute approximate surface area is 167 Å². The van der Waals surface area contributed by atoms with E-state index >= 15 is 0 Å². The molecule has 0 saturated heterocycles. The van der Waals surface area contributed by atoms with E-state index in [1.807, 2.05) is 6.92 Å². The van der Waals surface area contributed by atoms with Crippen molar-refractivity contribution in [2.75, 3.05) is 27.1 Å². The van der Waals surface area contributed by atoms with Crippen LogP contribution in [0.3, 0.4) is 0 Å². The molecule has 3 rings (SSSR count). The number of benzene rings is 2. The van der Waals surface area contributed by atoms with Gasteiger partial charge in [-0.3, -0.25) is 9.59 Å². The summed E-state index contributed by atoms with van der Waals surface area (Å²) in [6, 6.07) is 10.1. The number of carbonyl (C=O) groups excluding carboxylic acids is 2. The highest BCUT2D eigenvalue weighted by molar-refractivity contribution is 5.97. The van der Waals surface area contributed by atoms with Crippen LogP contribution < -0.4 is 29.7 Å². The maximum atomic E-state index is 12.2. The molecule has 0 unspecified atom stereocenters. The molecular formula is C20H21N3O6. The number of rotatable bonds is 8. The highest BCUT2D eigenvalue weighted by Crippen LogP contribution is 2.32. The lowest BCUT2D eigenvalue weighted by Crippen LogP contribution is -2.34. The summed E-state index contributed by atoms with van der Waals surface area (Å²) < 4.78 is 21.1. The number of hydrogen-bond acceptors (Lipinski definition) is 7. The molecule has 1 aliphatic rings. The van der Waals surface area contributed by atoms with Crippen molar-refractivity contribution in [2.45, 2.75) is 6.92 Å². The summed E-state index contributed by atoms with van der Waals surface area (Å²) in [5, 5.41) is 6.41. The SMILES string of the molecule is CCOc1cc(C=NNC(=O)CNC(=O)c2ccc3c(c2)OCO3)ccc1OC. The number of hydrazone groups is 1. The van der Waals surface area contributed by atoms with E-state index in [4.69, 9.17) is 18.9 Å². The van der Waals surface area contributed by atoms with Crippen molar-refractivity contribution in [2.24, 2.45) is 5.10 Å². The molecule has 2 aromatic carbocycles. The average molecular weight is 399 g/mol. The van der Waals surface area contributed by atoms with Gasteiger partial charge in [0.25, 0.3) is 11.8 Å². The van der Waals surface area contributed by atoms with Gasteiger partial charge < -0.3 is 24.3 Å². The number of amides is 2. The first kappa shape index (κ1) is 20.0. The summed E-state index contributed by atoms with van der Waals surface area (Å²) in [5.74, 6) is 1.41. The van der Waals surface area contributed by atoms with Crippen molar-refractivity contribution < 1.29 is 28.5 Å². The Morgan fingerprint density at radius 2 is 1.97 bits per heavy atom. The van der Waals surface area contributed by atoms with Crippen molar-refractivity contribution >= 4 is 18.0 Å². The van der Waals surface area contributed by atoms with Crippen LogP contribution in [0.25, 0.3) is 0 Å². The summed E-state index contributed by atoms with van der Waals surface area (Å²) >= 11 is 0. The third kappa shape index (κ3) is 5.16. The van der Waals surface area contributed by atoms with E-state index < -0.39 is 11.8 Å². The second-order valence-corrected chi connectivity index (χ2v) is 5.89. The first-order chi connectivity index (χ1) is 14.1. The minimum absolute atomic E-state index is 0.126. The average Bonchev–Trinajstić information content (AvgIpc) is 3.20. The molecule has 0 radical (unpaired) electrons. The van der Waals surface area contributed by atoms with E-state index in [-0.39, 0.29) is 13.3 Å². The molecule has 2 N–H and O–H groups in total. The number of methoxy groups -OCH3 is 1. The van der Waals surface area contributed by atoms with E-state index in [0.29, 0.717) is 35.2 Å². The maximum absolute atomic E-state index is 12.2. The molecule has 0 fully saturated rings. The number of fused-ring (bicyclic) bond motifs is 1. The number of ether oxygens (including phenoxy) is 4. The summed E-state index contributed by atoms with van der Waals surface area (Å²) in [7, 11) is 1.56. The van der Waals surface area contributed by atoms with Crippen molar-refractivity contribution in [3.8, 4) is 23.0 Å². The van der Waals surface area contributed by atoms with Crippen LogP contribution in [0.4, 0.5) is 0 Å². The van der Waals surface area contributed by atoms with Gasteiger partial charge in [0.15, 0.2) is 23.0 Å². The predicted octanol–water partition coefficient (Wildman–Crippen LogP) is 1.70. The molecule has 2 aromatic rings. The van der Waals surface area contributed by atoms with Crippen molar-refractivity contribution in [1.29, 1.82) is 0 Å². The van der Waals surface area contributed by atoms with E-state index in [0.717, 1.165) is 5.56 Å². The van der Waals surface area contributed by atoms with Gasteiger partial charge in [0.2, 0.25) is 6.79 Å². The van der Waals surface area contributed by atoms with Gasteiger partial charge in [-0.15, -0.1) is 0 Å². The largest absolute Gasteiger partial charge is 0.493 e. The minimum atomic E-state index is -0.464. The molecule has 0 aromatic heterocycles. The summed E-state index contributed by atoms with van der Waals surface area (Å²) in [5.41, 5.74) is 3.45. The van der Waals surface area contributed by atoms with E-state index in [2.05, 4.69) is 15.8 Å². The van der Waals surface area contributed by atoms with Gasteiger partial charge >= 0.3 is 0 Å². The Morgan fingerprint density at radius 1 is 1.14 bits per heavy atom. The fourth-order valence-electron chi connectivity index (χ4n) is 2.56. The van der Waals surface area contributed by atoms with Crippen LogP contribution in [-0.2, 0) is 4.79 Å². The van der Waals surface area contributed by atoms with Crippen LogP contribution in [0.1, 0.15) is 22.8 Å². The topological polar surface area (TPSA) is 107 Å². The Hall–Kier alpha value is -3.75. The Morgan fingerprint density at radius 3 is 2.76 bits per heavy atom. The fourth-order valence-corrected chi connectivity index (χ4v) is 2.56. The highest BCUT2D eigenvalue weighted by Gasteiger charge is 2.16. The van der Waals surface area contributed by atoms with Gasteiger partial charge in [0, 0.05) is 5.56 Å². The van der Waals surface area contributed by atoms with Gasteiger partial charge in [-0.25, -0.2) is 5.43 Å². The van der Waals surface area contributed by atoms with Crippen molar-refractivity contribution in [3.63, 3.8) is 0 Å². The molecule has 0 saturated carbocycles. The second kappa shape index (κ2) is 9.45. The standard InChI is InChI=1S/C20H21N3O6/c1-3-27-17-8-13(4-6-15(17)26-2)10-22-23-19(24)11-21-20(25)14-5-7-16-18(9-14)29-12-28-16/h4-10H,3,11-12H2,1-2H3,(H,21,25)(H,23,24). The maximum Gasteiger partial charge on any atom is 0.259 e. The minimum Gasteiger partial charge on any atom is -0.493 e. The first-order valence-corrected chi connectivity index (χ1v) is 8.91. The quantitative estimate of drug-likeness (QED) is 0.517. The number of carbonyl (C=O) groups is 2. The van der Waals surface area contributed by atoms with E-state index in [1.165, 1.54) is 6.21 Å². The molecule has 2 amide bonds. The molecule has 152 valence electrons. The number of nitrogens with zero attached hydrogens (tertiary/aromatic N) is 1. The summed E-state index contributed by atoms with van der Waals surface area (Å²) in [4.78, 5) is 24.0. The molecule has 0 aliphatic carbocycles. The Bertz CT molecular complexity index is 928. The molecule has 29 heavy (non-hydrogen) atoms. The highest BCUT2D eigenvalue weighted by atomic mass is 16.7. The summed E-state index contributed by atoms with van der Waals surface area (Å²) in [6.07, 6.45) is 1.47. The Kier molecular flexibility index (Phi) is 6.51. The zero-order chi connectivity index (χ0) is 20.6. The molecule has 1 heterocycles. The lowest BCUT2D eigenvalue weighted by atomic mass is 10.2. The van der Waals surface area contributed by atoms with Crippen LogP contribution >= 0.6 is 0 Å². The monoisotopic (exact) mass is 399 g/mol. The second-order valence-electron chi connectivity index (χ2n) is 5.89. The summed E-state index contributed by atoms with van der Waals surface area (Å²) in [6.45, 7) is 2.27. The molecule has 9 nitrogen and oxygen atoms in total. The fraction of sp³-hybridized carbons (Fsp3) is 0.250.